The van der Waals surface area contributed by atoms with Crippen LogP contribution in [0.1, 0.15) is 19.7 Å². The Hall–Kier alpha value is -2.04. The van der Waals surface area contributed by atoms with Crippen molar-refractivity contribution in [2.24, 2.45) is 17.8 Å². The molecule has 18 heavy (non-hydrogen) atoms. The van der Waals surface area contributed by atoms with Gasteiger partial charge in [0.05, 0.1) is 11.0 Å². The minimum Gasteiger partial charge on any atom is -0.370 e. The van der Waals surface area contributed by atoms with Crippen molar-refractivity contribution >= 4 is 17.0 Å². The molecule has 0 saturated heterocycles. The SMILES string of the molecule is CC(C)NC(N)=NCc1nc2ccccc2n1C. The average molecular weight is 245 g/mol. The number of imidazole rings is 1. The number of para-hydroxylation sites is 2. The number of nitrogens with two attached hydrogens (primary N) is 1. The molecule has 2 aromatic rings. The molecule has 0 aliphatic carbocycles. The summed E-state index contributed by atoms with van der Waals surface area (Å²) < 4.78 is 2.04. The van der Waals surface area contributed by atoms with Crippen molar-refractivity contribution in [3.05, 3.63) is 30.1 Å². The van der Waals surface area contributed by atoms with E-state index in [1.54, 1.807) is 0 Å². The number of guanidine groups is 1. The molecule has 5 heteroatoms. The Morgan fingerprint density at radius 2 is 2.17 bits per heavy atom. The van der Waals surface area contributed by atoms with Crippen LogP contribution in [0.25, 0.3) is 11.0 Å². The molecule has 0 radical (unpaired) electrons. The summed E-state index contributed by atoms with van der Waals surface area (Å²) in [5, 5.41) is 3.06. The van der Waals surface area contributed by atoms with Crippen molar-refractivity contribution in [2.45, 2.75) is 26.4 Å². The van der Waals surface area contributed by atoms with E-state index in [9.17, 15) is 0 Å². The monoisotopic (exact) mass is 245 g/mol. The van der Waals surface area contributed by atoms with Crippen molar-refractivity contribution in [2.75, 3.05) is 0 Å². The smallest absolute Gasteiger partial charge is 0.189 e. The lowest BCUT2D eigenvalue weighted by Crippen LogP contribution is -2.36. The highest BCUT2D eigenvalue weighted by atomic mass is 15.1. The largest absolute Gasteiger partial charge is 0.370 e. The summed E-state index contributed by atoms with van der Waals surface area (Å²) >= 11 is 0. The predicted molar refractivity (Wildman–Crippen MR) is 74.3 cm³/mol. The minimum atomic E-state index is 0.286. The fourth-order valence-electron chi connectivity index (χ4n) is 1.83. The van der Waals surface area contributed by atoms with E-state index in [0.717, 1.165) is 16.9 Å². The number of nitrogens with one attached hydrogen (secondary N) is 1. The Morgan fingerprint density at radius 1 is 1.44 bits per heavy atom. The molecule has 0 amide bonds. The van der Waals surface area contributed by atoms with Gasteiger partial charge in [-0.25, -0.2) is 9.98 Å². The first-order chi connectivity index (χ1) is 8.58. The van der Waals surface area contributed by atoms with Gasteiger partial charge in [0, 0.05) is 13.1 Å². The Kier molecular flexibility index (Phi) is 3.50. The van der Waals surface area contributed by atoms with E-state index < -0.39 is 0 Å². The molecule has 0 fully saturated rings. The molecule has 0 atom stereocenters. The molecule has 0 saturated carbocycles. The van der Waals surface area contributed by atoms with Crippen LogP contribution in [0.2, 0.25) is 0 Å². The van der Waals surface area contributed by atoms with Gasteiger partial charge in [0.15, 0.2) is 5.96 Å². The third-order valence-corrected chi connectivity index (χ3v) is 2.71. The van der Waals surface area contributed by atoms with Gasteiger partial charge in [-0.05, 0) is 26.0 Å². The third-order valence-electron chi connectivity index (χ3n) is 2.71. The van der Waals surface area contributed by atoms with Gasteiger partial charge in [0.25, 0.3) is 0 Å². The second-order valence-electron chi connectivity index (χ2n) is 4.58. The Labute approximate surface area is 107 Å². The number of hydrogen-bond donors (Lipinski definition) is 2. The molecule has 3 N–H and O–H groups in total. The highest BCUT2D eigenvalue weighted by Crippen LogP contribution is 2.14. The quantitative estimate of drug-likeness (QED) is 0.634. The lowest BCUT2D eigenvalue weighted by molar-refractivity contribution is 0.719. The molecule has 0 spiro atoms. The summed E-state index contributed by atoms with van der Waals surface area (Å²) in [4.78, 5) is 8.83. The zero-order valence-electron chi connectivity index (χ0n) is 11.0. The molecular weight excluding hydrogens is 226 g/mol. The van der Waals surface area contributed by atoms with Gasteiger partial charge in [-0.3, -0.25) is 0 Å². The molecular formula is C13H19N5. The predicted octanol–water partition coefficient (Wildman–Crippen LogP) is 1.39. The molecule has 1 aromatic heterocycles. The summed E-state index contributed by atoms with van der Waals surface area (Å²) in [6.07, 6.45) is 0. The van der Waals surface area contributed by atoms with Crippen LogP contribution in [0, 0.1) is 0 Å². The maximum absolute atomic E-state index is 5.77. The van der Waals surface area contributed by atoms with Crippen LogP contribution in [0.4, 0.5) is 0 Å². The molecule has 96 valence electrons. The van der Waals surface area contributed by atoms with E-state index in [0.29, 0.717) is 12.5 Å². The zero-order valence-corrected chi connectivity index (χ0v) is 11.0. The van der Waals surface area contributed by atoms with E-state index in [-0.39, 0.29) is 6.04 Å². The minimum absolute atomic E-state index is 0.286. The van der Waals surface area contributed by atoms with Crippen molar-refractivity contribution in [1.82, 2.24) is 14.9 Å². The number of benzene rings is 1. The van der Waals surface area contributed by atoms with Gasteiger partial charge in [-0.15, -0.1) is 0 Å². The van der Waals surface area contributed by atoms with E-state index in [4.69, 9.17) is 5.73 Å². The fourth-order valence-corrected chi connectivity index (χ4v) is 1.83. The molecule has 0 bridgehead atoms. The number of nitrogens with zero attached hydrogens (tertiary/aromatic N) is 3. The summed E-state index contributed by atoms with van der Waals surface area (Å²) in [7, 11) is 1.99. The summed E-state index contributed by atoms with van der Waals surface area (Å²) in [6, 6.07) is 8.32. The van der Waals surface area contributed by atoms with Crippen LogP contribution >= 0.6 is 0 Å². The third kappa shape index (κ3) is 2.61. The lowest BCUT2D eigenvalue weighted by Gasteiger charge is -2.08. The highest BCUT2D eigenvalue weighted by molar-refractivity contribution is 5.78. The number of hydrogen-bond acceptors (Lipinski definition) is 2. The van der Waals surface area contributed by atoms with Gasteiger partial charge < -0.3 is 15.6 Å². The van der Waals surface area contributed by atoms with Crippen LogP contribution in [-0.2, 0) is 13.6 Å². The fraction of sp³-hybridized carbons (Fsp3) is 0.385. The molecule has 0 unspecified atom stereocenters. The van der Waals surface area contributed by atoms with Gasteiger partial charge >= 0.3 is 0 Å². The molecule has 1 aromatic carbocycles. The van der Waals surface area contributed by atoms with Gasteiger partial charge in [-0.2, -0.15) is 0 Å². The molecule has 5 nitrogen and oxygen atoms in total. The van der Waals surface area contributed by atoms with Crippen molar-refractivity contribution in [3.63, 3.8) is 0 Å². The topological polar surface area (TPSA) is 68.2 Å². The second-order valence-corrected chi connectivity index (χ2v) is 4.58. The first kappa shape index (κ1) is 12.4. The maximum Gasteiger partial charge on any atom is 0.189 e. The van der Waals surface area contributed by atoms with Crippen LogP contribution in [0.3, 0.4) is 0 Å². The Morgan fingerprint density at radius 3 is 2.83 bits per heavy atom. The van der Waals surface area contributed by atoms with Gasteiger partial charge in [0.1, 0.15) is 12.4 Å². The summed E-state index contributed by atoms with van der Waals surface area (Å²) in [6.45, 7) is 4.53. The molecule has 0 aliphatic heterocycles. The van der Waals surface area contributed by atoms with Gasteiger partial charge in [0.2, 0.25) is 0 Å². The number of aromatic nitrogens is 2. The zero-order chi connectivity index (χ0) is 13.1. The van der Waals surface area contributed by atoms with Crippen LogP contribution in [-0.4, -0.2) is 21.6 Å². The van der Waals surface area contributed by atoms with Gasteiger partial charge in [-0.1, -0.05) is 12.1 Å². The summed E-state index contributed by atoms with van der Waals surface area (Å²) in [5.41, 5.74) is 7.86. The number of aryl methyl sites for hydroxylation is 1. The number of rotatable bonds is 3. The maximum atomic E-state index is 5.77. The Balaban J connectivity index is 2.19. The van der Waals surface area contributed by atoms with E-state index in [2.05, 4.69) is 15.3 Å². The van der Waals surface area contributed by atoms with Crippen LogP contribution in [0.15, 0.2) is 29.3 Å². The van der Waals surface area contributed by atoms with Crippen molar-refractivity contribution < 1.29 is 0 Å². The first-order valence-corrected chi connectivity index (χ1v) is 6.04. The number of fused-ring (bicyclic) bond motifs is 1. The molecule has 1 heterocycles. The molecule has 2 rings (SSSR count). The van der Waals surface area contributed by atoms with Crippen molar-refractivity contribution in [1.29, 1.82) is 0 Å². The lowest BCUT2D eigenvalue weighted by atomic mass is 10.3. The van der Waals surface area contributed by atoms with Crippen LogP contribution < -0.4 is 11.1 Å². The highest BCUT2D eigenvalue weighted by Gasteiger charge is 2.06. The standard InChI is InChI=1S/C13H19N5/c1-9(2)16-13(14)15-8-12-17-10-6-4-5-7-11(10)18(12)3/h4-7,9H,8H2,1-3H3,(H3,14,15,16). The number of aliphatic imine (C=N–C) groups is 1. The normalized spacial score (nSPS) is 12.3. The van der Waals surface area contributed by atoms with Crippen LogP contribution in [0.5, 0.6) is 0 Å². The molecule has 0 aliphatic rings. The van der Waals surface area contributed by atoms with E-state index >= 15 is 0 Å². The van der Waals surface area contributed by atoms with E-state index in [1.807, 2.05) is 49.7 Å². The average Bonchev–Trinajstić information content (AvgIpc) is 2.64. The van der Waals surface area contributed by atoms with Crippen molar-refractivity contribution in [3.8, 4) is 0 Å². The summed E-state index contributed by atoms with van der Waals surface area (Å²) in [5.74, 6) is 1.36. The first-order valence-electron chi connectivity index (χ1n) is 6.04. The Bertz CT molecular complexity index is 568. The second kappa shape index (κ2) is 5.08. The van der Waals surface area contributed by atoms with E-state index in [1.165, 1.54) is 0 Å².